The summed E-state index contributed by atoms with van der Waals surface area (Å²) in [5.74, 6) is 0.552. The number of nitrogens with zero attached hydrogens (tertiary/aromatic N) is 1. The van der Waals surface area contributed by atoms with E-state index in [1.165, 1.54) is 24.4 Å². The molecule has 4 rings (SSSR count). The van der Waals surface area contributed by atoms with Crippen LogP contribution in [0.2, 0.25) is 10.0 Å². The van der Waals surface area contributed by atoms with Crippen LogP contribution >= 0.6 is 23.2 Å². The average molecular weight is 603 g/mol. The summed E-state index contributed by atoms with van der Waals surface area (Å²) in [5.41, 5.74) is 3.29. The Kier molecular flexibility index (Phi) is 9.75. The molecule has 0 aromatic heterocycles. The van der Waals surface area contributed by atoms with Crippen LogP contribution < -0.4 is 19.6 Å². The van der Waals surface area contributed by atoms with Gasteiger partial charge in [-0.3, -0.25) is 4.79 Å². The number of halogens is 5. The number of methoxy groups -OCH3 is 1. The minimum atomic E-state index is -4.57. The number of rotatable bonds is 10. The predicted molar refractivity (Wildman–Crippen MR) is 151 cm³/mol. The molecule has 4 aromatic rings. The number of nitrogens with one attached hydrogen (secondary N) is 1. The van der Waals surface area contributed by atoms with E-state index in [-0.39, 0.29) is 28.0 Å². The fourth-order valence-corrected chi connectivity index (χ4v) is 4.28. The summed E-state index contributed by atoms with van der Waals surface area (Å²) in [6.07, 6.45) is -3.31. The van der Waals surface area contributed by atoms with Crippen molar-refractivity contribution in [1.29, 1.82) is 0 Å². The fourth-order valence-electron chi connectivity index (χ4n) is 3.67. The van der Waals surface area contributed by atoms with Crippen LogP contribution in [0.4, 0.5) is 13.2 Å². The first-order valence-corrected chi connectivity index (χ1v) is 12.9. The number of carbonyl (C=O) groups is 1. The number of carbonyl (C=O) groups excluding carboxylic acids is 1. The van der Waals surface area contributed by atoms with Gasteiger partial charge in [-0.05, 0) is 59.2 Å². The van der Waals surface area contributed by atoms with Crippen molar-refractivity contribution in [3.63, 3.8) is 0 Å². The molecule has 0 aliphatic carbocycles. The first-order chi connectivity index (χ1) is 19.6. The van der Waals surface area contributed by atoms with E-state index in [0.717, 1.165) is 29.3 Å². The van der Waals surface area contributed by atoms with Crippen molar-refractivity contribution >= 4 is 35.3 Å². The first-order valence-electron chi connectivity index (χ1n) is 12.1. The van der Waals surface area contributed by atoms with Crippen molar-refractivity contribution in [2.75, 3.05) is 7.11 Å². The summed E-state index contributed by atoms with van der Waals surface area (Å²) < 4.78 is 55.9. The van der Waals surface area contributed by atoms with Gasteiger partial charge in [0.2, 0.25) is 0 Å². The second-order valence-electron chi connectivity index (χ2n) is 8.64. The molecule has 212 valence electrons. The van der Waals surface area contributed by atoms with Crippen molar-refractivity contribution in [3.8, 4) is 17.2 Å². The van der Waals surface area contributed by atoms with Crippen LogP contribution in [0.5, 0.6) is 17.2 Å². The number of amides is 1. The SMILES string of the molecule is COc1cc(COc2c(Cl)cc(/C=N/NC(=O)c3cccc(C(F)(F)F)c3)cc2Cl)ccc1OCc1ccccc1. The number of hydrogen-bond acceptors (Lipinski definition) is 5. The third-order valence-electron chi connectivity index (χ3n) is 5.70. The fraction of sp³-hybridized carbons (Fsp3) is 0.133. The molecule has 0 saturated heterocycles. The zero-order valence-electron chi connectivity index (χ0n) is 21.5. The highest BCUT2D eigenvalue weighted by atomic mass is 35.5. The first kappa shape index (κ1) is 29.8. The Morgan fingerprint density at radius 2 is 1.56 bits per heavy atom. The van der Waals surface area contributed by atoms with Gasteiger partial charge in [0, 0.05) is 5.56 Å². The van der Waals surface area contributed by atoms with E-state index in [2.05, 4.69) is 10.5 Å². The minimum absolute atomic E-state index is 0.134. The summed E-state index contributed by atoms with van der Waals surface area (Å²) in [6.45, 7) is 0.526. The predicted octanol–water partition coefficient (Wildman–Crippen LogP) is 7.94. The molecule has 0 fully saturated rings. The van der Waals surface area contributed by atoms with Crippen molar-refractivity contribution in [1.82, 2.24) is 5.43 Å². The van der Waals surface area contributed by atoms with Crippen LogP contribution in [0, 0.1) is 0 Å². The number of hydrazone groups is 1. The van der Waals surface area contributed by atoms with Gasteiger partial charge < -0.3 is 14.2 Å². The Balaban J connectivity index is 1.36. The zero-order valence-corrected chi connectivity index (χ0v) is 23.1. The lowest BCUT2D eigenvalue weighted by atomic mass is 10.1. The van der Waals surface area contributed by atoms with Gasteiger partial charge in [-0.25, -0.2) is 5.43 Å². The maximum absolute atomic E-state index is 12.9. The monoisotopic (exact) mass is 602 g/mol. The van der Waals surface area contributed by atoms with Crippen LogP contribution in [-0.2, 0) is 19.4 Å². The van der Waals surface area contributed by atoms with E-state index >= 15 is 0 Å². The largest absolute Gasteiger partial charge is 0.493 e. The maximum Gasteiger partial charge on any atom is 0.416 e. The molecule has 0 heterocycles. The number of alkyl halides is 3. The van der Waals surface area contributed by atoms with Crippen molar-refractivity contribution in [2.45, 2.75) is 19.4 Å². The van der Waals surface area contributed by atoms with E-state index in [0.29, 0.717) is 23.7 Å². The highest BCUT2D eigenvalue weighted by Crippen LogP contribution is 2.35. The summed E-state index contributed by atoms with van der Waals surface area (Å²) in [6, 6.07) is 22.2. The Bertz CT molecular complexity index is 1520. The third kappa shape index (κ3) is 8.15. The Labute approximate surface area is 244 Å². The molecule has 0 aliphatic heterocycles. The molecular formula is C30H23Cl2F3N2O4. The zero-order chi connectivity index (χ0) is 29.4. The van der Waals surface area contributed by atoms with Gasteiger partial charge >= 0.3 is 6.18 Å². The second kappa shape index (κ2) is 13.4. The lowest BCUT2D eigenvalue weighted by molar-refractivity contribution is -0.137. The standard InChI is InChI=1S/C30H23Cl2F3N2O4/c1-39-27-14-20(10-11-26(27)40-17-19-6-3-2-4-7-19)18-41-28-24(31)12-21(13-25(28)32)16-36-37-29(38)22-8-5-9-23(15-22)30(33,34)35/h2-16H,17-18H2,1H3,(H,37,38)/b36-16+. The highest BCUT2D eigenvalue weighted by molar-refractivity contribution is 6.37. The Morgan fingerprint density at radius 3 is 2.24 bits per heavy atom. The van der Waals surface area contributed by atoms with Crippen LogP contribution in [0.25, 0.3) is 0 Å². The average Bonchev–Trinajstić information content (AvgIpc) is 2.96. The van der Waals surface area contributed by atoms with Crippen molar-refractivity contribution in [3.05, 3.63) is 123 Å². The Hall–Kier alpha value is -4.21. The third-order valence-corrected chi connectivity index (χ3v) is 6.26. The molecule has 4 aromatic carbocycles. The molecular weight excluding hydrogens is 580 g/mol. The molecule has 0 saturated carbocycles. The van der Waals surface area contributed by atoms with Gasteiger partial charge in [-0.1, -0.05) is 65.7 Å². The van der Waals surface area contributed by atoms with Crippen LogP contribution in [-0.4, -0.2) is 19.2 Å². The summed E-state index contributed by atoms with van der Waals surface area (Å²) >= 11 is 12.7. The van der Waals surface area contributed by atoms with Gasteiger partial charge in [0.05, 0.1) is 28.9 Å². The molecule has 6 nitrogen and oxygen atoms in total. The highest BCUT2D eigenvalue weighted by Gasteiger charge is 2.30. The topological polar surface area (TPSA) is 69.2 Å². The summed E-state index contributed by atoms with van der Waals surface area (Å²) in [5, 5.41) is 4.17. The molecule has 0 radical (unpaired) electrons. The normalized spacial score (nSPS) is 11.4. The van der Waals surface area contributed by atoms with Gasteiger partial charge in [-0.15, -0.1) is 0 Å². The van der Waals surface area contributed by atoms with E-state index < -0.39 is 17.6 Å². The molecule has 0 atom stereocenters. The molecule has 1 amide bonds. The van der Waals surface area contributed by atoms with E-state index in [9.17, 15) is 18.0 Å². The lowest BCUT2D eigenvalue weighted by Crippen LogP contribution is -2.18. The van der Waals surface area contributed by atoms with Gasteiger partial charge in [0.25, 0.3) is 5.91 Å². The minimum Gasteiger partial charge on any atom is -0.493 e. The molecule has 11 heteroatoms. The summed E-state index contributed by atoms with van der Waals surface area (Å²) in [7, 11) is 1.55. The van der Waals surface area contributed by atoms with E-state index in [1.807, 2.05) is 36.4 Å². The molecule has 0 aliphatic rings. The van der Waals surface area contributed by atoms with E-state index in [1.54, 1.807) is 19.2 Å². The van der Waals surface area contributed by atoms with Crippen LogP contribution in [0.1, 0.15) is 32.6 Å². The molecule has 0 bridgehead atoms. The van der Waals surface area contributed by atoms with Crippen LogP contribution in [0.15, 0.2) is 90.0 Å². The van der Waals surface area contributed by atoms with Crippen molar-refractivity contribution < 1.29 is 32.2 Å². The molecule has 1 N–H and O–H groups in total. The van der Waals surface area contributed by atoms with Crippen molar-refractivity contribution in [2.24, 2.45) is 5.10 Å². The smallest absolute Gasteiger partial charge is 0.416 e. The van der Waals surface area contributed by atoms with Gasteiger partial charge in [-0.2, -0.15) is 18.3 Å². The second-order valence-corrected chi connectivity index (χ2v) is 9.45. The quantitative estimate of drug-likeness (QED) is 0.148. The van der Waals surface area contributed by atoms with Gasteiger partial charge in [0.15, 0.2) is 17.2 Å². The molecule has 41 heavy (non-hydrogen) atoms. The van der Waals surface area contributed by atoms with Gasteiger partial charge in [0.1, 0.15) is 13.2 Å². The number of benzene rings is 4. The number of hydrogen-bond donors (Lipinski definition) is 1. The summed E-state index contributed by atoms with van der Waals surface area (Å²) in [4.78, 5) is 12.2. The maximum atomic E-state index is 12.9. The number of ether oxygens (including phenoxy) is 3. The van der Waals surface area contributed by atoms with E-state index in [4.69, 9.17) is 37.4 Å². The molecule has 0 spiro atoms. The van der Waals surface area contributed by atoms with Crippen LogP contribution in [0.3, 0.4) is 0 Å². The Morgan fingerprint density at radius 1 is 0.854 bits per heavy atom. The molecule has 0 unspecified atom stereocenters. The lowest BCUT2D eigenvalue weighted by Gasteiger charge is -2.14.